The van der Waals surface area contributed by atoms with E-state index >= 15 is 0 Å². The minimum Gasteiger partial charge on any atom is -0.504 e. The maximum atomic E-state index is 13.5. The molecule has 1 atom stereocenters. The van der Waals surface area contributed by atoms with Crippen LogP contribution in [0.25, 0.3) is 17.5 Å². The highest BCUT2D eigenvalue weighted by atomic mass is 32.1. The molecule has 0 aliphatic carbocycles. The van der Waals surface area contributed by atoms with Crippen molar-refractivity contribution in [2.45, 2.75) is 19.8 Å². The molecular formula is C27H25N3O7S. The van der Waals surface area contributed by atoms with Crippen molar-refractivity contribution in [3.05, 3.63) is 72.6 Å². The number of aromatic nitrogens is 1. The third-order valence-electron chi connectivity index (χ3n) is 5.87. The number of carbonyl (C=O) groups is 1. The van der Waals surface area contributed by atoms with Gasteiger partial charge in [-0.2, -0.15) is 5.26 Å². The third kappa shape index (κ3) is 4.57. The summed E-state index contributed by atoms with van der Waals surface area (Å²) in [7, 11) is 1.21. The molecule has 0 saturated carbocycles. The molecular weight excluding hydrogens is 510 g/mol. The van der Waals surface area contributed by atoms with Gasteiger partial charge < -0.3 is 30.2 Å². The number of nitriles is 1. The van der Waals surface area contributed by atoms with Crippen LogP contribution in [-0.4, -0.2) is 41.1 Å². The molecule has 1 aliphatic heterocycles. The van der Waals surface area contributed by atoms with E-state index in [9.17, 15) is 25.1 Å². The van der Waals surface area contributed by atoms with Gasteiger partial charge in [0.25, 0.3) is 5.56 Å². The monoisotopic (exact) mass is 535 g/mol. The first-order valence-corrected chi connectivity index (χ1v) is 12.4. The SMILES string of the molecule is CCOc1cc(/C=c2\sc3n(c2=O)C(N)=C(C#N)C(c2ccc(O)c(OCC)c2)C=3C(=O)OC)ccc1O. The van der Waals surface area contributed by atoms with Crippen LogP contribution in [0.1, 0.15) is 30.9 Å². The fourth-order valence-corrected chi connectivity index (χ4v) is 5.38. The summed E-state index contributed by atoms with van der Waals surface area (Å²) < 4.78 is 17.5. The van der Waals surface area contributed by atoms with E-state index in [1.165, 1.54) is 25.3 Å². The van der Waals surface area contributed by atoms with Gasteiger partial charge in [-0.05, 0) is 55.3 Å². The standard InChI is InChI=1S/C27H25N3O7S/c1-4-36-19-10-14(6-8-17(19)31)11-21-25(33)30-24(29)16(13-28)22(23(26(30)38-21)27(34)35-3)15-7-9-18(32)20(12-15)37-5-2/h6-12,22,31-32H,4-5,29H2,1-3H3/b21-11-. The zero-order valence-corrected chi connectivity index (χ0v) is 21.7. The lowest BCUT2D eigenvalue weighted by Gasteiger charge is -2.24. The van der Waals surface area contributed by atoms with E-state index in [2.05, 4.69) is 0 Å². The number of fused-ring (bicyclic) bond motifs is 1. The molecule has 4 rings (SSSR count). The largest absolute Gasteiger partial charge is 0.504 e. The average molecular weight is 536 g/mol. The Bertz CT molecular complexity index is 1680. The molecule has 11 heteroatoms. The Morgan fingerprint density at radius 3 is 2.37 bits per heavy atom. The molecule has 0 saturated heterocycles. The number of methoxy groups -OCH3 is 1. The fourth-order valence-electron chi connectivity index (χ4n) is 4.21. The second kappa shape index (κ2) is 10.7. The summed E-state index contributed by atoms with van der Waals surface area (Å²) in [5.41, 5.74) is 6.88. The summed E-state index contributed by atoms with van der Waals surface area (Å²) in [6, 6.07) is 11.2. The van der Waals surface area contributed by atoms with E-state index < -0.39 is 17.4 Å². The van der Waals surface area contributed by atoms with Crippen molar-refractivity contribution in [3.63, 3.8) is 0 Å². The number of thiazole rings is 1. The predicted octanol–water partition coefficient (Wildman–Crippen LogP) is 1.72. The first kappa shape index (κ1) is 26.4. The van der Waals surface area contributed by atoms with Crippen molar-refractivity contribution in [2.24, 2.45) is 5.73 Å². The molecule has 0 fully saturated rings. The number of phenolic OH excluding ortho intramolecular Hbond substituents is 2. The molecule has 4 N–H and O–H groups in total. The van der Waals surface area contributed by atoms with Gasteiger partial charge in [0.1, 0.15) is 10.5 Å². The first-order valence-electron chi connectivity index (χ1n) is 11.6. The molecule has 2 heterocycles. The lowest BCUT2D eigenvalue weighted by molar-refractivity contribution is -0.134. The smallest absolute Gasteiger partial charge is 0.337 e. The summed E-state index contributed by atoms with van der Waals surface area (Å²) in [5.74, 6) is -1.55. The molecule has 0 bridgehead atoms. The molecule has 38 heavy (non-hydrogen) atoms. The van der Waals surface area contributed by atoms with Crippen LogP contribution >= 0.6 is 11.3 Å². The highest BCUT2D eigenvalue weighted by Gasteiger charge is 2.36. The van der Waals surface area contributed by atoms with Gasteiger partial charge in [-0.25, -0.2) is 4.79 Å². The number of ether oxygens (including phenoxy) is 3. The highest BCUT2D eigenvalue weighted by molar-refractivity contribution is 7.07. The minimum absolute atomic E-state index is 0.0271. The number of nitrogens with two attached hydrogens (primary N) is 1. The topological polar surface area (TPSA) is 157 Å². The Morgan fingerprint density at radius 1 is 1.13 bits per heavy atom. The number of allylic oxidation sites excluding steroid dienone is 1. The van der Waals surface area contributed by atoms with E-state index in [0.717, 1.165) is 15.9 Å². The average Bonchev–Trinajstić information content (AvgIpc) is 3.22. The first-order chi connectivity index (χ1) is 18.2. The van der Waals surface area contributed by atoms with E-state index in [0.29, 0.717) is 17.7 Å². The van der Waals surface area contributed by atoms with Crippen molar-refractivity contribution in [1.29, 1.82) is 5.26 Å². The molecule has 196 valence electrons. The lowest BCUT2D eigenvalue weighted by atomic mass is 9.83. The Kier molecular flexibility index (Phi) is 7.45. The molecule has 1 aromatic heterocycles. The minimum atomic E-state index is -0.976. The molecule has 1 unspecified atom stereocenters. The molecule has 3 aromatic rings. The van der Waals surface area contributed by atoms with Gasteiger partial charge in [0.05, 0.1) is 48.0 Å². The number of phenols is 2. The van der Waals surface area contributed by atoms with Gasteiger partial charge in [-0.15, -0.1) is 11.3 Å². The molecule has 1 aliphatic rings. The Morgan fingerprint density at radius 2 is 1.76 bits per heavy atom. The number of aromatic hydroxyl groups is 2. The second-order valence-electron chi connectivity index (χ2n) is 8.13. The molecule has 0 radical (unpaired) electrons. The third-order valence-corrected chi connectivity index (χ3v) is 6.98. The van der Waals surface area contributed by atoms with E-state index in [-0.39, 0.29) is 55.8 Å². The van der Waals surface area contributed by atoms with Crippen molar-refractivity contribution < 1.29 is 29.2 Å². The van der Waals surface area contributed by atoms with Crippen LogP contribution in [0.5, 0.6) is 23.0 Å². The van der Waals surface area contributed by atoms with Gasteiger partial charge in [-0.1, -0.05) is 12.1 Å². The summed E-state index contributed by atoms with van der Waals surface area (Å²) in [4.78, 5) is 26.6. The van der Waals surface area contributed by atoms with Crippen LogP contribution in [0.2, 0.25) is 0 Å². The molecule has 2 aromatic carbocycles. The number of benzene rings is 2. The molecule has 10 nitrogen and oxygen atoms in total. The quantitative estimate of drug-likeness (QED) is 0.383. The number of carbonyl (C=O) groups excluding carboxylic acids is 1. The predicted molar refractivity (Wildman–Crippen MR) is 141 cm³/mol. The Hall–Kier alpha value is -4.69. The Labute approximate surface area is 221 Å². The van der Waals surface area contributed by atoms with Gasteiger partial charge in [-0.3, -0.25) is 9.36 Å². The van der Waals surface area contributed by atoms with E-state index in [1.807, 2.05) is 6.07 Å². The molecule has 0 spiro atoms. The van der Waals surface area contributed by atoms with E-state index in [1.54, 1.807) is 38.1 Å². The Balaban J connectivity index is 2.04. The zero-order chi connectivity index (χ0) is 27.6. The van der Waals surface area contributed by atoms with E-state index in [4.69, 9.17) is 19.9 Å². The van der Waals surface area contributed by atoms with Crippen molar-refractivity contribution >= 4 is 34.8 Å². The van der Waals surface area contributed by atoms with Crippen LogP contribution in [0.3, 0.4) is 0 Å². The number of hydrogen-bond acceptors (Lipinski definition) is 10. The molecule has 0 amide bonds. The fraction of sp³-hybridized carbons (Fsp3) is 0.222. The summed E-state index contributed by atoms with van der Waals surface area (Å²) in [5, 5.41) is 30.2. The van der Waals surface area contributed by atoms with Crippen molar-refractivity contribution in [2.75, 3.05) is 20.3 Å². The zero-order valence-electron chi connectivity index (χ0n) is 20.8. The van der Waals surface area contributed by atoms with Crippen LogP contribution in [0.15, 0.2) is 46.8 Å². The number of hydrogen-bond donors (Lipinski definition) is 3. The van der Waals surface area contributed by atoms with Crippen LogP contribution in [0, 0.1) is 11.3 Å². The van der Waals surface area contributed by atoms with Crippen LogP contribution < -0.4 is 30.0 Å². The van der Waals surface area contributed by atoms with Gasteiger partial charge in [0.15, 0.2) is 23.0 Å². The highest BCUT2D eigenvalue weighted by Crippen LogP contribution is 2.40. The van der Waals surface area contributed by atoms with Gasteiger partial charge >= 0.3 is 5.97 Å². The summed E-state index contributed by atoms with van der Waals surface area (Å²) in [6.07, 6.45) is 1.58. The maximum absolute atomic E-state index is 13.5. The lowest BCUT2D eigenvalue weighted by Crippen LogP contribution is -2.40. The summed E-state index contributed by atoms with van der Waals surface area (Å²) >= 11 is 1.01. The normalized spacial score (nSPS) is 15.2. The van der Waals surface area contributed by atoms with Gasteiger partial charge in [0, 0.05) is 0 Å². The van der Waals surface area contributed by atoms with Crippen molar-refractivity contribution in [1.82, 2.24) is 4.57 Å². The maximum Gasteiger partial charge on any atom is 0.337 e. The number of esters is 1. The number of nitrogens with zero attached hydrogens (tertiary/aromatic N) is 2. The second-order valence-corrected chi connectivity index (χ2v) is 9.16. The van der Waals surface area contributed by atoms with Gasteiger partial charge in [0.2, 0.25) is 0 Å². The van der Waals surface area contributed by atoms with Crippen molar-refractivity contribution in [3.8, 4) is 29.1 Å². The van der Waals surface area contributed by atoms with Crippen LogP contribution in [-0.2, 0) is 9.53 Å². The summed E-state index contributed by atoms with van der Waals surface area (Å²) in [6.45, 7) is 4.16. The number of rotatable bonds is 7. The van der Waals surface area contributed by atoms with Crippen LogP contribution in [0.4, 0.5) is 0 Å².